The first-order chi connectivity index (χ1) is 8.13. The van der Waals surface area contributed by atoms with E-state index in [4.69, 9.17) is 9.47 Å². The Morgan fingerprint density at radius 3 is 2.53 bits per heavy atom. The van der Waals surface area contributed by atoms with E-state index < -0.39 is 0 Å². The SMILES string of the molecule is CCN(CC)C(=O)Oc1c(Br)cccc1OC. The number of methoxy groups -OCH3 is 1. The average molecular weight is 302 g/mol. The minimum absolute atomic E-state index is 0.375. The van der Waals surface area contributed by atoms with Crippen molar-refractivity contribution in [3.8, 4) is 11.5 Å². The van der Waals surface area contributed by atoms with Gasteiger partial charge in [-0.2, -0.15) is 0 Å². The Hall–Kier alpha value is -1.23. The van der Waals surface area contributed by atoms with Gasteiger partial charge < -0.3 is 14.4 Å². The smallest absolute Gasteiger partial charge is 0.415 e. The Morgan fingerprint density at radius 2 is 2.00 bits per heavy atom. The van der Waals surface area contributed by atoms with Crippen LogP contribution in [0.15, 0.2) is 22.7 Å². The Morgan fingerprint density at radius 1 is 1.35 bits per heavy atom. The summed E-state index contributed by atoms with van der Waals surface area (Å²) in [5, 5.41) is 0. The monoisotopic (exact) mass is 301 g/mol. The number of benzene rings is 1. The van der Waals surface area contributed by atoms with Gasteiger partial charge in [0.05, 0.1) is 11.6 Å². The zero-order valence-corrected chi connectivity index (χ0v) is 11.8. The van der Waals surface area contributed by atoms with Crippen molar-refractivity contribution in [2.75, 3.05) is 20.2 Å². The molecular weight excluding hydrogens is 286 g/mol. The minimum atomic E-state index is -0.375. The van der Waals surface area contributed by atoms with Crippen molar-refractivity contribution in [1.29, 1.82) is 0 Å². The second kappa shape index (κ2) is 6.49. The molecule has 94 valence electrons. The molecule has 0 fully saturated rings. The minimum Gasteiger partial charge on any atom is -0.493 e. The molecule has 0 aliphatic carbocycles. The van der Waals surface area contributed by atoms with Gasteiger partial charge in [0.15, 0.2) is 11.5 Å². The van der Waals surface area contributed by atoms with E-state index in [2.05, 4.69) is 15.9 Å². The topological polar surface area (TPSA) is 38.8 Å². The summed E-state index contributed by atoms with van der Waals surface area (Å²) in [4.78, 5) is 13.4. The zero-order valence-electron chi connectivity index (χ0n) is 10.2. The number of nitrogens with zero attached hydrogens (tertiary/aromatic N) is 1. The summed E-state index contributed by atoms with van der Waals surface area (Å²) in [6.07, 6.45) is -0.375. The number of rotatable bonds is 4. The predicted octanol–water partition coefficient (Wildman–Crippen LogP) is 3.30. The van der Waals surface area contributed by atoms with E-state index in [-0.39, 0.29) is 6.09 Å². The molecule has 0 radical (unpaired) electrons. The summed E-state index contributed by atoms with van der Waals surface area (Å²) in [7, 11) is 1.54. The van der Waals surface area contributed by atoms with E-state index in [1.165, 1.54) is 7.11 Å². The van der Waals surface area contributed by atoms with Crippen molar-refractivity contribution >= 4 is 22.0 Å². The van der Waals surface area contributed by atoms with Crippen LogP contribution in [0.5, 0.6) is 11.5 Å². The summed E-state index contributed by atoms with van der Waals surface area (Å²) >= 11 is 3.33. The highest BCUT2D eigenvalue weighted by Gasteiger charge is 2.17. The van der Waals surface area contributed by atoms with Gasteiger partial charge >= 0.3 is 6.09 Å². The molecule has 0 atom stereocenters. The number of carbonyl (C=O) groups excluding carboxylic acids is 1. The third kappa shape index (κ3) is 3.36. The van der Waals surface area contributed by atoms with Gasteiger partial charge in [-0.3, -0.25) is 0 Å². The highest BCUT2D eigenvalue weighted by molar-refractivity contribution is 9.10. The first kappa shape index (κ1) is 13.8. The van der Waals surface area contributed by atoms with Crippen LogP contribution in [0, 0.1) is 0 Å². The summed E-state index contributed by atoms with van der Waals surface area (Å²) in [5.74, 6) is 0.937. The molecule has 1 amide bonds. The van der Waals surface area contributed by atoms with Crippen LogP contribution >= 0.6 is 15.9 Å². The maximum Gasteiger partial charge on any atom is 0.415 e. The van der Waals surface area contributed by atoms with E-state index in [1.807, 2.05) is 19.9 Å². The van der Waals surface area contributed by atoms with Gasteiger partial charge in [-0.05, 0) is 41.9 Å². The Bertz CT molecular complexity index is 391. The largest absolute Gasteiger partial charge is 0.493 e. The first-order valence-corrected chi connectivity index (χ1v) is 6.22. The zero-order chi connectivity index (χ0) is 12.8. The van der Waals surface area contributed by atoms with Gasteiger partial charge in [-0.25, -0.2) is 4.79 Å². The molecule has 0 bridgehead atoms. The molecule has 0 unspecified atom stereocenters. The number of carbonyl (C=O) groups is 1. The maximum atomic E-state index is 11.8. The molecule has 1 aromatic carbocycles. The van der Waals surface area contributed by atoms with E-state index >= 15 is 0 Å². The molecule has 0 aromatic heterocycles. The standard InChI is InChI=1S/C12H16BrNO3/c1-4-14(5-2)12(15)17-11-9(13)7-6-8-10(11)16-3/h6-8H,4-5H2,1-3H3. The molecule has 0 spiro atoms. The molecule has 1 aromatic rings. The van der Waals surface area contributed by atoms with Crippen molar-refractivity contribution in [1.82, 2.24) is 4.90 Å². The molecule has 5 heteroatoms. The van der Waals surface area contributed by atoms with Crippen LogP contribution in [0.25, 0.3) is 0 Å². The third-order valence-corrected chi connectivity index (χ3v) is 2.99. The summed E-state index contributed by atoms with van der Waals surface area (Å²) in [6, 6.07) is 5.36. The number of hydrogen-bond donors (Lipinski definition) is 0. The van der Waals surface area contributed by atoms with Crippen molar-refractivity contribution in [3.05, 3.63) is 22.7 Å². The summed E-state index contributed by atoms with van der Waals surface area (Å²) in [5.41, 5.74) is 0. The number of ether oxygens (including phenoxy) is 2. The molecular formula is C12H16BrNO3. The third-order valence-electron chi connectivity index (χ3n) is 2.36. The molecule has 0 saturated heterocycles. The fourth-order valence-electron chi connectivity index (χ4n) is 1.38. The number of para-hydroxylation sites is 1. The molecule has 4 nitrogen and oxygen atoms in total. The fourth-order valence-corrected chi connectivity index (χ4v) is 1.81. The number of hydrogen-bond acceptors (Lipinski definition) is 3. The van der Waals surface area contributed by atoms with Crippen molar-refractivity contribution in [2.45, 2.75) is 13.8 Å². The molecule has 0 aliphatic heterocycles. The fraction of sp³-hybridized carbons (Fsp3) is 0.417. The van der Waals surface area contributed by atoms with Crippen LogP contribution in [-0.2, 0) is 0 Å². The average Bonchev–Trinajstić information content (AvgIpc) is 2.33. The predicted molar refractivity (Wildman–Crippen MR) is 69.6 cm³/mol. The lowest BCUT2D eigenvalue weighted by Crippen LogP contribution is -2.33. The van der Waals surface area contributed by atoms with E-state index in [0.717, 1.165) is 0 Å². The van der Waals surface area contributed by atoms with Gasteiger partial charge in [0.1, 0.15) is 0 Å². The Labute approximate surface area is 110 Å². The molecule has 0 N–H and O–H groups in total. The normalized spacial score (nSPS) is 9.88. The van der Waals surface area contributed by atoms with Gasteiger partial charge in [-0.1, -0.05) is 6.07 Å². The lowest BCUT2D eigenvalue weighted by atomic mass is 10.3. The van der Waals surface area contributed by atoms with Crippen molar-refractivity contribution in [2.24, 2.45) is 0 Å². The van der Waals surface area contributed by atoms with Gasteiger partial charge in [-0.15, -0.1) is 0 Å². The van der Waals surface area contributed by atoms with Crippen LogP contribution in [0.2, 0.25) is 0 Å². The van der Waals surface area contributed by atoms with Gasteiger partial charge in [0.25, 0.3) is 0 Å². The highest BCUT2D eigenvalue weighted by atomic mass is 79.9. The van der Waals surface area contributed by atoms with Crippen LogP contribution in [0.4, 0.5) is 4.79 Å². The molecule has 0 aliphatic rings. The van der Waals surface area contributed by atoms with Crippen molar-refractivity contribution in [3.63, 3.8) is 0 Å². The van der Waals surface area contributed by atoms with E-state index in [0.29, 0.717) is 29.1 Å². The molecule has 0 saturated carbocycles. The second-order valence-corrected chi connectivity index (χ2v) is 4.17. The second-order valence-electron chi connectivity index (χ2n) is 3.31. The van der Waals surface area contributed by atoms with Crippen LogP contribution < -0.4 is 9.47 Å². The van der Waals surface area contributed by atoms with Gasteiger partial charge in [0.2, 0.25) is 0 Å². The number of amides is 1. The first-order valence-electron chi connectivity index (χ1n) is 5.43. The van der Waals surface area contributed by atoms with Crippen molar-refractivity contribution < 1.29 is 14.3 Å². The van der Waals surface area contributed by atoms with Gasteiger partial charge in [0, 0.05) is 13.1 Å². The lowest BCUT2D eigenvalue weighted by Gasteiger charge is -2.19. The molecule has 0 heterocycles. The maximum absolute atomic E-state index is 11.8. The van der Waals surface area contributed by atoms with E-state index in [9.17, 15) is 4.79 Å². The molecule has 1 rings (SSSR count). The quantitative estimate of drug-likeness (QED) is 0.856. The molecule has 17 heavy (non-hydrogen) atoms. The Kier molecular flexibility index (Phi) is 5.28. The van der Waals surface area contributed by atoms with Crippen LogP contribution in [-0.4, -0.2) is 31.2 Å². The van der Waals surface area contributed by atoms with E-state index in [1.54, 1.807) is 17.0 Å². The summed E-state index contributed by atoms with van der Waals surface area (Å²) in [6.45, 7) is 5.04. The Balaban J connectivity index is 2.91. The summed E-state index contributed by atoms with van der Waals surface area (Å²) < 4.78 is 11.2. The lowest BCUT2D eigenvalue weighted by molar-refractivity contribution is 0.155. The number of halogens is 1. The van der Waals surface area contributed by atoms with Crippen LogP contribution in [0.1, 0.15) is 13.8 Å². The highest BCUT2D eigenvalue weighted by Crippen LogP contribution is 2.35. The van der Waals surface area contributed by atoms with Crippen LogP contribution in [0.3, 0.4) is 0 Å².